The highest BCUT2D eigenvalue weighted by Crippen LogP contribution is 2.27. The third-order valence-corrected chi connectivity index (χ3v) is 3.14. The molecular formula is C15H25NO2. The van der Waals surface area contributed by atoms with E-state index in [0.29, 0.717) is 5.92 Å². The quantitative estimate of drug-likeness (QED) is 0.775. The average Bonchev–Trinajstić information content (AvgIpc) is 2.27. The molecule has 1 aliphatic carbocycles. The van der Waals surface area contributed by atoms with E-state index in [4.69, 9.17) is 4.74 Å². The number of carbonyl (C=O) groups excluding carboxylic acids is 1. The third kappa shape index (κ3) is 5.42. The van der Waals surface area contributed by atoms with Crippen LogP contribution in [0.25, 0.3) is 0 Å². The average molecular weight is 251 g/mol. The number of ether oxygens (including phenoxy) is 1. The van der Waals surface area contributed by atoms with Crippen molar-refractivity contribution in [1.82, 2.24) is 5.32 Å². The highest BCUT2D eigenvalue weighted by atomic mass is 16.6. The molecule has 3 heteroatoms. The lowest BCUT2D eigenvalue weighted by atomic mass is 9.84. The minimum absolute atomic E-state index is 0.00218. The number of nitrogens with one attached hydrogen (secondary N) is 1. The fourth-order valence-electron chi connectivity index (χ4n) is 2.36. The van der Waals surface area contributed by atoms with Crippen LogP contribution in [0.5, 0.6) is 0 Å². The molecule has 0 aromatic carbocycles. The summed E-state index contributed by atoms with van der Waals surface area (Å²) in [5.41, 5.74) is 2.33. The normalized spacial score (nSPS) is 18.6. The first-order chi connectivity index (χ1) is 8.42. The predicted octanol–water partition coefficient (Wildman–Crippen LogP) is 3.80. The minimum Gasteiger partial charge on any atom is -0.444 e. The van der Waals surface area contributed by atoms with E-state index in [-0.39, 0.29) is 12.1 Å². The molecule has 18 heavy (non-hydrogen) atoms. The number of hydrogen-bond acceptors (Lipinski definition) is 2. The molecule has 1 atom stereocenters. The molecular weight excluding hydrogens is 226 g/mol. The van der Waals surface area contributed by atoms with Crippen LogP contribution in [0.1, 0.15) is 52.9 Å². The van der Waals surface area contributed by atoms with Crippen LogP contribution >= 0.6 is 0 Å². The summed E-state index contributed by atoms with van der Waals surface area (Å²) >= 11 is 0. The number of hydrogen-bond donors (Lipinski definition) is 1. The Morgan fingerprint density at radius 2 is 2.00 bits per heavy atom. The molecule has 0 unspecified atom stereocenters. The van der Waals surface area contributed by atoms with Crippen molar-refractivity contribution in [3.63, 3.8) is 0 Å². The molecule has 1 aliphatic rings. The Hall–Kier alpha value is -1.21. The van der Waals surface area contributed by atoms with Gasteiger partial charge in [0.1, 0.15) is 5.60 Å². The molecule has 0 spiro atoms. The molecule has 3 nitrogen and oxygen atoms in total. The van der Waals surface area contributed by atoms with Crippen molar-refractivity contribution in [2.75, 3.05) is 0 Å². The smallest absolute Gasteiger partial charge is 0.408 e. The first kappa shape index (κ1) is 14.8. The molecule has 0 heterocycles. The molecule has 0 radical (unpaired) electrons. The van der Waals surface area contributed by atoms with Crippen LogP contribution < -0.4 is 5.32 Å². The first-order valence-electron chi connectivity index (χ1n) is 6.78. The van der Waals surface area contributed by atoms with Gasteiger partial charge in [0, 0.05) is 0 Å². The molecule has 1 N–H and O–H groups in total. The maximum Gasteiger partial charge on any atom is 0.408 e. The Bertz CT molecular complexity index is 318. The summed E-state index contributed by atoms with van der Waals surface area (Å²) in [4.78, 5) is 11.8. The largest absolute Gasteiger partial charge is 0.444 e. The summed E-state index contributed by atoms with van der Waals surface area (Å²) in [6.07, 6.45) is 7.57. The van der Waals surface area contributed by atoms with E-state index in [1.165, 1.54) is 19.3 Å². The molecule has 1 amide bonds. The number of rotatable bonds is 3. The molecule has 0 aromatic heterocycles. The van der Waals surface area contributed by atoms with E-state index in [0.717, 1.165) is 12.8 Å². The fraction of sp³-hybridized carbons (Fsp3) is 0.733. The van der Waals surface area contributed by atoms with E-state index < -0.39 is 5.60 Å². The van der Waals surface area contributed by atoms with Gasteiger partial charge in [0.15, 0.2) is 0 Å². The molecule has 1 fully saturated rings. The highest BCUT2D eigenvalue weighted by Gasteiger charge is 2.25. The van der Waals surface area contributed by atoms with Gasteiger partial charge in [-0.15, -0.1) is 5.73 Å². The Kier molecular flexibility index (Phi) is 5.49. The lowest BCUT2D eigenvalue weighted by Gasteiger charge is -2.29. The van der Waals surface area contributed by atoms with Gasteiger partial charge in [0.2, 0.25) is 0 Å². The van der Waals surface area contributed by atoms with E-state index in [1.54, 1.807) is 0 Å². The number of carbonyl (C=O) groups is 1. The van der Waals surface area contributed by atoms with Gasteiger partial charge in [-0.1, -0.05) is 25.8 Å². The Morgan fingerprint density at radius 1 is 1.39 bits per heavy atom. The second-order valence-electron chi connectivity index (χ2n) is 5.94. The van der Waals surface area contributed by atoms with Gasteiger partial charge in [-0.3, -0.25) is 0 Å². The van der Waals surface area contributed by atoms with Gasteiger partial charge in [-0.2, -0.15) is 0 Å². The molecule has 0 bridgehead atoms. The number of alkyl carbamates (subject to hydrolysis) is 1. The van der Waals surface area contributed by atoms with E-state index in [9.17, 15) is 4.79 Å². The standard InChI is InChI=1S/C15H25NO2/c1-5-9-13(12-10-7-6-8-11-12)16-14(17)18-15(2,3)4/h9,12-13H,1,6-8,10-11H2,2-4H3,(H,16,17)/t13-/m1/s1. The number of amides is 1. The van der Waals surface area contributed by atoms with Crippen molar-refractivity contribution in [1.29, 1.82) is 0 Å². The molecule has 102 valence electrons. The van der Waals surface area contributed by atoms with Crippen molar-refractivity contribution in [2.45, 2.75) is 64.5 Å². The zero-order chi connectivity index (χ0) is 13.6. The summed E-state index contributed by atoms with van der Waals surface area (Å²) in [6, 6.07) is -0.00218. The maximum absolute atomic E-state index is 11.8. The molecule has 0 aliphatic heterocycles. The van der Waals surface area contributed by atoms with Crippen LogP contribution in [0.4, 0.5) is 4.79 Å². The van der Waals surface area contributed by atoms with E-state index >= 15 is 0 Å². The Labute approximate surface area is 110 Å². The maximum atomic E-state index is 11.8. The summed E-state index contributed by atoms with van der Waals surface area (Å²) in [5.74, 6) is 0.487. The van der Waals surface area contributed by atoms with E-state index in [1.807, 2.05) is 26.8 Å². The second kappa shape index (κ2) is 6.65. The zero-order valence-corrected chi connectivity index (χ0v) is 11.8. The summed E-state index contributed by atoms with van der Waals surface area (Å²) < 4.78 is 5.29. The van der Waals surface area contributed by atoms with Crippen LogP contribution in [0, 0.1) is 5.92 Å². The fourth-order valence-corrected chi connectivity index (χ4v) is 2.36. The molecule has 1 saturated carbocycles. The van der Waals surface area contributed by atoms with Crippen molar-refractivity contribution >= 4 is 6.09 Å². The molecule has 0 aromatic rings. The first-order valence-corrected chi connectivity index (χ1v) is 6.78. The van der Waals surface area contributed by atoms with Gasteiger partial charge in [-0.05, 0) is 45.6 Å². The van der Waals surface area contributed by atoms with Crippen molar-refractivity contribution in [3.8, 4) is 0 Å². The molecule has 0 saturated heterocycles. The topological polar surface area (TPSA) is 38.3 Å². The van der Waals surface area contributed by atoms with Gasteiger partial charge in [0.25, 0.3) is 0 Å². The molecule has 1 rings (SSSR count). The highest BCUT2D eigenvalue weighted by molar-refractivity contribution is 5.68. The van der Waals surface area contributed by atoms with Crippen molar-refractivity contribution < 1.29 is 9.53 Å². The van der Waals surface area contributed by atoms with Crippen LogP contribution in [0.15, 0.2) is 18.4 Å². The zero-order valence-electron chi connectivity index (χ0n) is 11.8. The van der Waals surface area contributed by atoms with Crippen LogP contribution in [0.2, 0.25) is 0 Å². The lowest BCUT2D eigenvalue weighted by Crippen LogP contribution is -2.42. The van der Waals surface area contributed by atoms with Crippen molar-refractivity contribution in [2.24, 2.45) is 5.92 Å². The van der Waals surface area contributed by atoms with Crippen LogP contribution in [0.3, 0.4) is 0 Å². The third-order valence-electron chi connectivity index (χ3n) is 3.14. The lowest BCUT2D eigenvalue weighted by molar-refractivity contribution is 0.0494. The van der Waals surface area contributed by atoms with Gasteiger partial charge < -0.3 is 10.1 Å². The summed E-state index contributed by atoms with van der Waals surface area (Å²) in [6.45, 7) is 9.20. The summed E-state index contributed by atoms with van der Waals surface area (Å²) in [7, 11) is 0. The van der Waals surface area contributed by atoms with Crippen LogP contribution in [-0.4, -0.2) is 17.7 Å². The van der Waals surface area contributed by atoms with Crippen LogP contribution in [-0.2, 0) is 4.74 Å². The Balaban J connectivity index is 2.56. The SMILES string of the molecule is C=C=C[C@@H](NC(=O)OC(C)(C)C)C1CCCCC1. The monoisotopic (exact) mass is 251 g/mol. The van der Waals surface area contributed by atoms with Gasteiger partial charge in [0.05, 0.1) is 6.04 Å². The predicted molar refractivity (Wildman–Crippen MR) is 73.4 cm³/mol. The Morgan fingerprint density at radius 3 is 2.50 bits per heavy atom. The van der Waals surface area contributed by atoms with Gasteiger partial charge >= 0.3 is 6.09 Å². The van der Waals surface area contributed by atoms with Gasteiger partial charge in [-0.25, -0.2) is 4.79 Å². The van der Waals surface area contributed by atoms with Crippen molar-refractivity contribution in [3.05, 3.63) is 18.4 Å². The second-order valence-corrected chi connectivity index (χ2v) is 5.94. The van der Waals surface area contributed by atoms with E-state index in [2.05, 4.69) is 17.6 Å². The minimum atomic E-state index is -0.459. The summed E-state index contributed by atoms with van der Waals surface area (Å²) in [5, 5.41) is 2.92.